The van der Waals surface area contributed by atoms with Gasteiger partial charge in [-0.15, -0.1) is 0 Å². The standard InChI is InChI=1S/C13H16FNO2/c1-15-8-10(2-4-16)11-6-9-3-5-17-13(9)7-12(11)14/h4,6-7,10,15H,2-3,5,8H2,1H3. The number of benzene rings is 1. The molecule has 0 saturated heterocycles. The minimum atomic E-state index is -0.284. The van der Waals surface area contributed by atoms with Crippen molar-refractivity contribution >= 4 is 6.29 Å². The van der Waals surface area contributed by atoms with Crippen LogP contribution in [0.25, 0.3) is 0 Å². The van der Waals surface area contributed by atoms with Crippen molar-refractivity contribution in [3.05, 3.63) is 29.1 Å². The first-order valence-corrected chi connectivity index (χ1v) is 5.79. The number of fused-ring (bicyclic) bond motifs is 1. The summed E-state index contributed by atoms with van der Waals surface area (Å²) in [7, 11) is 1.80. The second-order valence-corrected chi connectivity index (χ2v) is 4.24. The lowest BCUT2D eigenvalue weighted by molar-refractivity contribution is -0.108. The number of nitrogens with one attached hydrogen (secondary N) is 1. The highest BCUT2D eigenvalue weighted by Gasteiger charge is 2.20. The Morgan fingerprint density at radius 2 is 2.41 bits per heavy atom. The topological polar surface area (TPSA) is 38.3 Å². The molecule has 1 aliphatic rings. The predicted octanol–water partition coefficient (Wildman–Crippen LogP) is 1.65. The van der Waals surface area contributed by atoms with Crippen LogP contribution < -0.4 is 10.1 Å². The van der Waals surface area contributed by atoms with Gasteiger partial charge >= 0.3 is 0 Å². The first kappa shape index (κ1) is 12.0. The van der Waals surface area contributed by atoms with Gasteiger partial charge in [0, 0.05) is 31.4 Å². The summed E-state index contributed by atoms with van der Waals surface area (Å²) in [6.07, 6.45) is 1.98. The third-order valence-corrected chi connectivity index (χ3v) is 3.08. The normalized spacial score (nSPS) is 15.2. The molecule has 0 radical (unpaired) electrons. The van der Waals surface area contributed by atoms with Gasteiger partial charge in [-0.2, -0.15) is 0 Å². The van der Waals surface area contributed by atoms with Crippen LogP contribution >= 0.6 is 0 Å². The van der Waals surface area contributed by atoms with E-state index in [1.807, 2.05) is 6.07 Å². The van der Waals surface area contributed by atoms with Crippen LogP contribution in [0, 0.1) is 5.82 Å². The Hall–Kier alpha value is -1.42. The van der Waals surface area contributed by atoms with Gasteiger partial charge in [0.1, 0.15) is 17.9 Å². The summed E-state index contributed by atoms with van der Waals surface area (Å²) in [6, 6.07) is 3.27. The fourth-order valence-electron chi connectivity index (χ4n) is 2.22. The van der Waals surface area contributed by atoms with Gasteiger partial charge in [0.05, 0.1) is 6.61 Å². The van der Waals surface area contributed by atoms with Crippen LogP contribution in [0.15, 0.2) is 12.1 Å². The molecule has 0 saturated carbocycles. The van der Waals surface area contributed by atoms with Crippen LogP contribution in [0.2, 0.25) is 0 Å². The molecular weight excluding hydrogens is 221 g/mol. The number of hydrogen-bond donors (Lipinski definition) is 1. The summed E-state index contributed by atoms with van der Waals surface area (Å²) in [5.41, 5.74) is 1.64. The second kappa shape index (κ2) is 5.27. The molecule has 1 atom stereocenters. The van der Waals surface area contributed by atoms with E-state index in [4.69, 9.17) is 4.74 Å². The highest BCUT2D eigenvalue weighted by molar-refractivity contribution is 5.52. The molecule has 0 amide bonds. The highest BCUT2D eigenvalue weighted by Crippen LogP contribution is 2.32. The minimum absolute atomic E-state index is 0.108. The quantitative estimate of drug-likeness (QED) is 0.791. The van der Waals surface area contributed by atoms with Gasteiger partial charge in [-0.25, -0.2) is 4.39 Å². The molecule has 3 nitrogen and oxygen atoms in total. The minimum Gasteiger partial charge on any atom is -0.493 e. The Morgan fingerprint density at radius 3 is 3.12 bits per heavy atom. The molecule has 4 heteroatoms. The molecule has 0 bridgehead atoms. The van der Waals surface area contributed by atoms with Crippen molar-refractivity contribution in [2.45, 2.75) is 18.8 Å². The first-order valence-electron chi connectivity index (χ1n) is 5.79. The fourth-order valence-corrected chi connectivity index (χ4v) is 2.22. The van der Waals surface area contributed by atoms with Gasteiger partial charge in [0.2, 0.25) is 0 Å². The third-order valence-electron chi connectivity index (χ3n) is 3.08. The van der Waals surface area contributed by atoms with E-state index in [-0.39, 0.29) is 11.7 Å². The van der Waals surface area contributed by atoms with Gasteiger partial charge < -0.3 is 14.8 Å². The molecule has 0 aromatic heterocycles. The van der Waals surface area contributed by atoms with Crippen molar-refractivity contribution in [1.29, 1.82) is 0 Å². The van der Waals surface area contributed by atoms with Crippen molar-refractivity contribution in [1.82, 2.24) is 5.32 Å². The molecule has 1 aliphatic heterocycles. The van der Waals surface area contributed by atoms with E-state index in [9.17, 15) is 9.18 Å². The van der Waals surface area contributed by atoms with Gasteiger partial charge in [-0.05, 0) is 24.2 Å². The second-order valence-electron chi connectivity index (χ2n) is 4.24. The Morgan fingerprint density at radius 1 is 1.59 bits per heavy atom. The zero-order valence-electron chi connectivity index (χ0n) is 9.83. The molecule has 1 N–H and O–H groups in total. The maximum absolute atomic E-state index is 13.9. The number of ether oxygens (including phenoxy) is 1. The maximum atomic E-state index is 13.9. The third kappa shape index (κ3) is 2.47. The first-order chi connectivity index (χ1) is 8.26. The number of carbonyl (C=O) groups is 1. The van der Waals surface area contributed by atoms with E-state index in [0.717, 1.165) is 18.3 Å². The van der Waals surface area contributed by atoms with E-state index >= 15 is 0 Å². The Balaban J connectivity index is 2.32. The average molecular weight is 237 g/mol. The maximum Gasteiger partial charge on any atom is 0.130 e. The van der Waals surface area contributed by atoms with Crippen LogP contribution in [-0.4, -0.2) is 26.5 Å². The fraction of sp³-hybridized carbons (Fsp3) is 0.462. The lowest BCUT2D eigenvalue weighted by Crippen LogP contribution is -2.18. The molecule has 92 valence electrons. The van der Waals surface area contributed by atoms with E-state index in [0.29, 0.717) is 30.9 Å². The largest absolute Gasteiger partial charge is 0.493 e. The Kier molecular flexibility index (Phi) is 3.74. The zero-order chi connectivity index (χ0) is 12.3. The molecule has 1 unspecified atom stereocenters. The predicted molar refractivity (Wildman–Crippen MR) is 62.9 cm³/mol. The van der Waals surface area contributed by atoms with E-state index in [2.05, 4.69) is 5.32 Å². The van der Waals surface area contributed by atoms with Gasteiger partial charge in [-0.3, -0.25) is 0 Å². The van der Waals surface area contributed by atoms with Crippen molar-refractivity contribution in [3.8, 4) is 5.75 Å². The monoisotopic (exact) mass is 237 g/mol. The van der Waals surface area contributed by atoms with Crippen LogP contribution in [0.5, 0.6) is 5.75 Å². The number of likely N-dealkylation sites (N-methyl/N-ethyl adjacent to an activating group) is 1. The summed E-state index contributed by atoms with van der Waals surface area (Å²) in [6.45, 7) is 1.21. The van der Waals surface area contributed by atoms with Crippen molar-refractivity contribution < 1.29 is 13.9 Å². The molecule has 1 aromatic carbocycles. The lowest BCUT2D eigenvalue weighted by Gasteiger charge is -2.16. The van der Waals surface area contributed by atoms with E-state index in [1.54, 1.807) is 7.05 Å². The molecule has 0 aliphatic carbocycles. The number of carbonyl (C=O) groups excluding carboxylic acids is 1. The Bertz CT molecular complexity index is 420. The molecule has 1 heterocycles. The summed E-state index contributed by atoms with van der Waals surface area (Å²) >= 11 is 0. The SMILES string of the molecule is CNCC(CC=O)c1cc2c(cc1F)OCC2. The van der Waals surface area contributed by atoms with Crippen LogP contribution in [0.4, 0.5) is 4.39 Å². The number of rotatable bonds is 5. The number of halogens is 1. The summed E-state index contributed by atoms with van der Waals surface area (Å²) in [5, 5.41) is 2.99. The van der Waals surface area contributed by atoms with E-state index in [1.165, 1.54) is 6.07 Å². The molecular formula is C13H16FNO2. The van der Waals surface area contributed by atoms with Gasteiger partial charge in [0.25, 0.3) is 0 Å². The Labute approximate surface area is 100.0 Å². The van der Waals surface area contributed by atoms with Crippen molar-refractivity contribution in [2.24, 2.45) is 0 Å². The summed E-state index contributed by atoms with van der Waals surface area (Å²) in [5.74, 6) is 0.247. The highest BCUT2D eigenvalue weighted by atomic mass is 19.1. The summed E-state index contributed by atoms with van der Waals surface area (Å²) in [4.78, 5) is 10.6. The molecule has 0 spiro atoms. The van der Waals surface area contributed by atoms with Crippen LogP contribution in [-0.2, 0) is 11.2 Å². The van der Waals surface area contributed by atoms with Crippen LogP contribution in [0.1, 0.15) is 23.5 Å². The summed E-state index contributed by atoms with van der Waals surface area (Å²) < 4.78 is 19.2. The smallest absolute Gasteiger partial charge is 0.130 e. The van der Waals surface area contributed by atoms with Gasteiger partial charge in [-0.1, -0.05) is 0 Å². The number of aldehydes is 1. The van der Waals surface area contributed by atoms with Crippen molar-refractivity contribution in [3.63, 3.8) is 0 Å². The van der Waals surface area contributed by atoms with Crippen molar-refractivity contribution in [2.75, 3.05) is 20.2 Å². The zero-order valence-corrected chi connectivity index (χ0v) is 9.83. The average Bonchev–Trinajstić information content (AvgIpc) is 2.74. The van der Waals surface area contributed by atoms with Gasteiger partial charge in [0.15, 0.2) is 0 Å². The lowest BCUT2D eigenvalue weighted by atomic mass is 9.93. The molecule has 17 heavy (non-hydrogen) atoms. The van der Waals surface area contributed by atoms with Crippen LogP contribution in [0.3, 0.4) is 0 Å². The molecule has 2 rings (SSSR count). The van der Waals surface area contributed by atoms with E-state index < -0.39 is 0 Å². The number of hydrogen-bond acceptors (Lipinski definition) is 3. The molecule has 1 aromatic rings. The molecule has 0 fully saturated rings.